The van der Waals surface area contributed by atoms with Crippen LogP contribution in [0.1, 0.15) is 35.5 Å². The second-order valence-electron chi connectivity index (χ2n) is 9.16. The summed E-state index contributed by atoms with van der Waals surface area (Å²) in [5.41, 5.74) is 1.85. The number of amides is 3. The van der Waals surface area contributed by atoms with Gasteiger partial charge in [0.1, 0.15) is 12.4 Å². The van der Waals surface area contributed by atoms with Crippen molar-refractivity contribution in [3.05, 3.63) is 70.5 Å². The molecule has 0 unspecified atom stereocenters. The Bertz CT molecular complexity index is 1300. The first-order chi connectivity index (χ1) is 18.6. The maximum atomic E-state index is 13.2. The summed E-state index contributed by atoms with van der Waals surface area (Å²) in [5, 5.41) is 4.76. The van der Waals surface area contributed by atoms with E-state index in [1.54, 1.807) is 45.4 Å². The predicted octanol–water partition coefficient (Wildman–Crippen LogP) is 4.03. The molecule has 3 amide bonds. The Balaban J connectivity index is 1.52. The van der Waals surface area contributed by atoms with Gasteiger partial charge in [0.05, 0.1) is 26.3 Å². The van der Waals surface area contributed by atoms with Gasteiger partial charge >= 0.3 is 0 Å². The van der Waals surface area contributed by atoms with E-state index in [-0.39, 0.29) is 30.8 Å². The summed E-state index contributed by atoms with van der Waals surface area (Å²) >= 11 is 1.21. The van der Waals surface area contributed by atoms with E-state index in [2.05, 4.69) is 10.3 Å². The van der Waals surface area contributed by atoms with Crippen molar-refractivity contribution in [1.29, 1.82) is 0 Å². The van der Waals surface area contributed by atoms with Crippen LogP contribution in [0.25, 0.3) is 0 Å². The highest BCUT2D eigenvalue weighted by Gasteiger charge is 2.22. The molecule has 1 heterocycles. The number of halogens is 1. The molecule has 1 aromatic heterocycles. The highest BCUT2D eigenvalue weighted by Crippen LogP contribution is 2.27. The zero-order chi connectivity index (χ0) is 28.5. The van der Waals surface area contributed by atoms with Crippen LogP contribution in [0.3, 0.4) is 0 Å². The summed E-state index contributed by atoms with van der Waals surface area (Å²) in [6.45, 7) is 3.91. The molecule has 208 valence electrons. The third-order valence-corrected chi connectivity index (χ3v) is 6.84. The SMILES string of the molecule is COc1ccc(CCN(C)C(=O)Cc2csc(NC(=O)CN(C(=O)c3ccc(F)cc3)C(C)C)n2)cc1OC. The molecule has 11 heteroatoms. The first-order valence-corrected chi connectivity index (χ1v) is 13.2. The molecule has 3 rings (SSSR count). The fourth-order valence-electron chi connectivity index (χ4n) is 3.75. The first kappa shape index (κ1) is 29.6. The maximum absolute atomic E-state index is 13.2. The molecular formula is C28H33FN4O5S. The minimum absolute atomic E-state index is 0.0932. The number of benzene rings is 2. The largest absolute Gasteiger partial charge is 0.493 e. The van der Waals surface area contributed by atoms with Crippen molar-refractivity contribution in [3.63, 3.8) is 0 Å². The Morgan fingerprint density at radius 3 is 2.38 bits per heavy atom. The lowest BCUT2D eigenvalue weighted by Gasteiger charge is -2.26. The Hall–Kier alpha value is -3.99. The zero-order valence-corrected chi connectivity index (χ0v) is 23.5. The second-order valence-corrected chi connectivity index (χ2v) is 10.0. The van der Waals surface area contributed by atoms with Crippen LogP contribution >= 0.6 is 11.3 Å². The number of aromatic nitrogens is 1. The molecule has 0 aliphatic heterocycles. The number of likely N-dealkylation sites (N-methyl/N-ethyl adjacent to an activating group) is 1. The molecule has 0 bridgehead atoms. The van der Waals surface area contributed by atoms with Crippen molar-refractivity contribution in [2.24, 2.45) is 0 Å². The number of methoxy groups -OCH3 is 2. The summed E-state index contributed by atoms with van der Waals surface area (Å²) in [6.07, 6.45) is 0.736. The highest BCUT2D eigenvalue weighted by molar-refractivity contribution is 7.13. The lowest BCUT2D eigenvalue weighted by Crippen LogP contribution is -2.42. The Labute approximate surface area is 231 Å². The Morgan fingerprint density at radius 2 is 1.74 bits per heavy atom. The number of anilines is 1. The zero-order valence-electron chi connectivity index (χ0n) is 22.7. The van der Waals surface area contributed by atoms with Gasteiger partial charge < -0.3 is 24.6 Å². The highest BCUT2D eigenvalue weighted by atomic mass is 32.1. The molecule has 0 spiro atoms. The van der Waals surface area contributed by atoms with Crippen LogP contribution in [0.15, 0.2) is 47.8 Å². The van der Waals surface area contributed by atoms with Gasteiger partial charge in [0.15, 0.2) is 16.6 Å². The van der Waals surface area contributed by atoms with E-state index in [4.69, 9.17) is 9.47 Å². The molecule has 0 saturated carbocycles. The number of hydrogen-bond acceptors (Lipinski definition) is 7. The van der Waals surface area contributed by atoms with Gasteiger partial charge in [0.2, 0.25) is 11.8 Å². The molecule has 1 N–H and O–H groups in total. The fraction of sp³-hybridized carbons (Fsp3) is 0.357. The lowest BCUT2D eigenvalue weighted by atomic mass is 10.1. The van der Waals surface area contributed by atoms with Gasteiger partial charge in [0, 0.05) is 30.6 Å². The molecule has 0 fully saturated rings. The summed E-state index contributed by atoms with van der Waals surface area (Å²) in [6, 6.07) is 10.6. The average molecular weight is 557 g/mol. The molecule has 2 aromatic carbocycles. The number of ether oxygens (including phenoxy) is 2. The number of nitrogens with one attached hydrogen (secondary N) is 1. The van der Waals surface area contributed by atoms with E-state index in [9.17, 15) is 18.8 Å². The number of thiazole rings is 1. The van der Waals surface area contributed by atoms with Crippen LogP contribution in [0.2, 0.25) is 0 Å². The van der Waals surface area contributed by atoms with Crippen LogP contribution in [0.5, 0.6) is 11.5 Å². The van der Waals surface area contributed by atoms with Crippen LogP contribution in [-0.2, 0) is 22.4 Å². The Kier molecular flexibility index (Phi) is 10.4. The van der Waals surface area contributed by atoms with E-state index in [1.807, 2.05) is 18.2 Å². The summed E-state index contributed by atoms with van der Waals surface area (Å²) in [7, 11) is 4.89. The minimum Gasteiger partial charge on any atom is -0.493 e. The van der Waals surface area contributed by atoms with Crippen molar-refractivity contribution >= 4 is 34.2 Å². The average Bonchev–Trinajstić information content (AvgIpc) is 3.36. The normalized spacial score (nSPS) is 10.7. The minimum atomic E-state index is -0.442. The lowest BCUT2D eigenvalue weighted by molar-refractivity contribution is -0.129. The van der Waals surface area contributed by atoms with Crippen molar-refractivity contribution in [2.75, 3.05) is 39.7 Å². The van der Waals surface area contributed by atoms with Crippen molar-refractivity contribution in [1.82, 2.24) is 14.8 Å². The van der Waals surface area contributed by atoms with E-state index in [1.165, 1.54) is 40.5 Å². The number of carbonyl (C=O) groups is 3. The maximum Gasteiger partial charge on any atom is 0.254 e. The predicted molar refractivity (Wildman–Crippen MR) is 148 cm³/mol. The molecule has 0 radical (unpaired) electrons. The number of nitrogens with zero attached hydrogens (tertiary/aromatic N) is 3. The number of carbonyl (C=O) groups excluding carboxylic acids is 3. The van der Waals surface area contributed by atoms with E-state index >= 15 is 0 Å². The quantitative estimate of drug-likeness (QED) is 0.362. The van der Waals surface area contributed by atoms with Gasteiger partial charge in [0.25, 0.3) is 5.91 Å². The van der Waals surface area contributed by atoms with E-state index < -0.39 is 11.7 Å². The summed E-state index contributed by atoms with van der Waals surface area (Å²) < 4.78 is 23.8. The van der Waals surface area contributed by atoms with Gasteiger partial charge in [-0.1, -0.05) is 6.07 Å². The molecular weight excluding hydrogens is 523 g/mol. The number of hydrogen-bond donors (Lipinski definition) is 1. The van der Waals surface area contributed by atoms with Crippen molar-refractivity contribution < 1.29 is 28.2 Å². The number of rotatable bonds is 12. The van der Waals surface area contributed by atoms with Crippen LogP contribution in [0.4, 0.5) is 9.52 Å². The fourth-order valence-corrected chi connectivity index (χ4v) is 4.48. The molecule has 0 aliphatic carbocycles. The van der Waals surface area contributed by atoms with E-state index in [0.717, 1.165) is 5.56 Å². The first-order valence-electron chi connectivity index (χ1n) is 12.4. The third kappa shape index (κ3) is 8.25. The monoisotopic (exact) mass is 556 g/mol. The van der Waals surface area contributed by atoms with Crippen LogP contribution in [0, 0.1) is 5.82 Å². The van der Waals surface area contributed by atoms with Crippen LogP contribution in [-0.4, -0.2) is 72.9 Å². The topological polar surface area (TPSA) is 101 Å². The van der Waals surface area contributed by atoms with Gasteiger partial charge in [-0.05, 0) is 62.2 Å². The molecule has 0 saturated heterocycles. The van der Waals surface area contributed by atoms with Crippen molar-refractivity contribution in [2.45, 2.75) is 32.7 Å². The molecule has 9 nitrogen and oxygen atoms in total. The second kappa shape index (κ2) is 13.7. The summed E-state index contributed by atoms with van der Waals surface area (Å²) in [4.78, 5) is 45.6. The van der Waals surface area contributed by atoms with E-state index in [0.29, 0.717) is 40.9 Å². The molecule has 0 aliphatic rings. The molecule has 3 aromatic rings. The van der Waals surface area contributed by atoms with Gasteiger partial charge in [-0.3, -0.25) is 14.4 Å². The van der Waals surface area contributed by atoms with Crippen LogP contribution < -0.4 is 14.8 Å². The standard InChI is InChI=1S/C28H33FN4O5S/c1-18(2)33(27(36)20-7-9-21(29)10-8-20)16-25(34)31-28-30-22(17-39-28)15-26(35)32(3)13-12-19-6-11-23(37-4)24(14-19)38-5/h6-11,14,17-18H,12-13,15-16H2,1-5H3,(H,30,31,34). The smallest absolute Gasteiger partial charge is 0.254 e. The van der Waals surface area contributed by atoms with Crippen molar-refractivity contribution in [3.8, 4) is 11.5 Å². The molecule has 39 heavy (non-hydrogen) atoms. The van der Waals surface area contributed by atoms with Gasteiger partial charge in [-0.2, -0.15) is 0 Å². The van der Waals surface area contributed by atoms with Gasteiger partial charge in [-0.25, -0.2) is 9.37 Å². The Morgan fingerprint density at radius 1 is 1.05 bits per heavy atom. The molecule has 0 atom stereocenters. The van der Waals surface area contributed by atoms with Gasteiger partial charge in [-0.15, -0.1) is 11.3 Å². The summed E-state index contributed by atoms with van der Waals surface area (Å²) in [5.74, 6) is -0.0527. The third-order valence-electron chi connectivity index (χ3n) is 6.03.